The van der Waals surface area contributed by atoms with Gasteiger partial charge in [-0.3, -0.25) is 0 Å². The number of H-pyrrole nitrogens is 1. The van der Waals surface area contributed by atoms with Crippen LogP contribution in [0, 0.1) is 0 Å². The standard InChI is InChI=1S/C14H15ClN6/c15-7-1-2-11-9-21(20-19-11)12-5-3-10(4-6-12)13-8-17-14(16)18-13/h3-6,8-9H,1-2,7H2,(H3,16,17,18). The van der Waals surface area contributed by atoms with E-state index in [2.05, 4.69) is 20.3 Å². The summed E-state index contributed by atoms with van der Waals surface area (Å²) in [6, 6.07) is 7.93. The quantitative estimate of drug-likeness (QED) is 0.709. The molecule has 21 heavy (non-hydrogen) atoms. The van der Waals surface area contributed by atoms with E-state index in [-0.39, 0.29) is 0 Å². The first-order valence-electron chi connectivity index (χ1n) is 6.65. The smallest absolute Gasteiger partial charge is 0.197 e. The van der Waals surface area contributed by atoms with Gasteiger partial charge in [-0.15, -0.1) is 16.7 Å². The van der Waals surface area contributed by atoms with Crippen LogP contribution in [0.15, 0.2) is 36.7 Å². The second-order valence-electron chi connectivity index (χ2n) is 4.68. The topological polar surface area (TPSA) is 85.4 Å². The Labute approximate surface area is 127 Å². The lowest BCUT2D eigenvalue weighted by Crippen LogP contribution is -1.94. The van der Waals surface area contributed by atoms with Crippen LogP contribution >= 0.6 is 11.6 Å². The molecule has 3 rings (SSSR count). The molecule has 0 spiro atoms. The van der Waals surface area contributed by atoms with Crippen molar-refractivity contribution in [3.05, 3.63) is 42.4 Å². The molecule has 0 aliphatic heterocycles. The van der Waals surface area contributed by atoms with E-state index in [4.69, 9.17) is 17.3 Å². The number of anilines is 1. The average molecular weight is 303 g/mol. The Balaban J connectivity index is 1.79. The van der Waals surface area contributed by atoms with Gasteiger partial charge in [0.15, 0.2) is 5.95 Å². The highest BCUT2D eigenvalue weighted by atomic mass is 35.5. The fourth-order valence-corrected chi connectivity index (χ4v) is 2.20. The van der Waals surface area contributed by atoms with Crippen LogP contribution in [0.2, 0.25) is 0 Å². The van der Waals surface area contributed by atoms with Crippen LogP contribution in [0.25, 0.3) is 16.9 Å². The zero-order chi connectivity index (χ0) is 14.7. The minimum absolute atomic E-state index is 0.411. The van der Waals surface area contributed by atoms with Gasteiger partial charge in [-0.25, -0.2) is 9.67 Å². The van der Waals surface area contributed by atoms with E-state index < -0.39 is 0 Å². The van der Waals surface area contributed by atoms with E-state index in [9.17, 15) is 0 Å². The van der Waals surface area contributed by atoms with E-state index in [0.717, 1.165) is 35.5 Å². The molecule has 1 aromatic carbocycles. The molecule has 6 nitrogen and oxygen atoms in total. The van der Waals surface area contributed by atoms with E-state index >= 15 is 0 Å². The molecule has 0 saturated heterocycles. The summed E-state index contributed by atoms with van der Waals surface area (Å²) in [7, 11) is 0. The second-order valence-corrected chi connectivity index (χ2v) is 5.05. The molecule has 2 aromatic heterocycles. The minimum atomic E-state index is 0.411. The van der Waals surface area contributed by atoms with Gasteiger partial charge in [0.05, 0.1) is 29.5 Å². The first-order valence-corrected chi connectivity index (χ1v) is 7.18. The molecule has 0 bridgehead atoms. The Bertz CT molecular complexity index is 715. The lowest BCUT2D eigenvalue weighted by atomic mass is 10.1. The van der Waals surface area contributed by atoms with Crippen molar-refractivity contribution < 1.29 is 0 Å². The Hall–Kier alpha value is -2.34. The fourth-order valence-electron chi connectivity index (χ4n) is 2.06. The summed E-state index contributed by atoms with van der Waals surface area (Å²) < 4.78 is 1.76. The SMILES string of the molecule is Nc1ncc(-c2ccc(-n3cc(CCCCl)nn3)cc2)[nH]1. The molecular formula is C14H15ClN6. The number of nitrogens with one attached hydrogen (secondary N) is 1. The number of aryl methyl sites for hydroxylation is 1. The number of nitrogens with two attached hydrogens (primary N) is 1. The van der Waals surface area contributed by atoms with Gasteiger partial charge in [0.1, 0.15) is 0 Å². The molecule has 0 unspecified atom stereocenters. The number of alkyl halides is 1. The molecule has 0 fully saturated rings. The van der Waals surface area contributed by atoms with Crippen molar-refractivity contribution >= 4 is 17.5 Å². The first-order chi connectivity index (χ1) is 10.3. The molecule has 0 saturated carbocycles. The zero-order valence-electron chi connectivity index (χ0n) is 11.3. The van der Waals surface area contributed by atoms with Crippen molar-refractivity contribution in [2.45, 2.75) is 12.8 Å². The molecule has 108 valence electrons. The summed E-state index contributed by atoms with van der Waals surface area (Å²) in [6.07, 6.45) is 5.38. The summed E-state index contributed by atoms with van der Waals surface area (Å²) >= 11 is 5.68. The molecule has 7 heteroatoms. The van der Waals surface area contributed by atoms with Crippen molar-refractivity contribution in [1.82, 2.24) is 25.0 Å². The van der Waals surface area contributed by atoms with Gasteiger partial charge in [-0.2, -0.15) is 0 Å². The van der Waals surface area contributed by atoms with Crippen LogP contribution in [0.1, 0.15) is 12.1 Å². The van der Waals surface area contributed by atoms with Crippen molar-refractivity contribution in [1.29, 1.82) is 0 Å². The van der Waals surface area contributed by atoms with Crippen LogP contribution in [0.3, 0.4) is 0 Å². The molecule has 0 atom stereocenters. The average Bonchev–Trinajstić information content (AvgIpc) is 3.14. The number of benzene rings is 1. The number of aromatic amines is 1. The highest BCUT2D eigenvalue weighted by molar-refractivity contribution is 6.17. The van der Waals surface area contributed by atoms with Crippen LogP contribution in [0.5, 0.6) is 0 Å². The number of halogens is 1. The number of aromatic nitrogens is 5. The predicted molar refractivity (Wildman–Crippen MR) is 82.4 cm³/mol. The largest absolute Gasteiger partial charge is 0.369 e. The summed E-state index contributed by atoms with van der Waals surface area (Å²) in [5.41, 5.74) is 9.39. The number of imidazole rings is 1. The second kappa shape index (κ2) is 5.97. The summed E-state index contributed by atoms with van der Waals surface area (Å²) in [4.78, 5) is 6.99. The number of nitrogens with zero attached hydrogens (tertiary/aromatic N) is 4. The molecule has 0 aliphatic carbocycles. The maximum atomic E-state index is 5.68. The van der Waals surface area contributed by atoms with Crippen molar-refractivity contribution in [2.24, 2.45) is 0 Å². The number of rotatable bonds is 5. The maximum Gasteiger partial charge on any atom is 0.197 e. The third-order valence-electron chi connectivity index (χ3n) is 3.15. The first kappa shape index (κ1) is 13.6. The normalized spacial score (nSPS) is 10.9. The molecule has 0 amide bonds. The number of nitrogen functional groups attached to an aromatic ring is 1. The number of hydrogen-bond acceptors (Lipinski definition) is 4. The Morgan fingerprint density at radius 1 is 1.24 bits per heavy atom. The third kappa shape index (κ3) is 3.05. The van der Waals surface area contributed by atoms with Gasteiger partial charge in [0.2, 0.25) is 0 Å². The van der Waals surface area contributed by atoms with Crippen molar-refractivity contribution in [2.75, 3.05) is 11.6 Å². The zero-order valence-corrected chi connectivity index (χ0v) is 12.1. The van der Waals surface area contributed by atoms with E-state index in [1.807, 2.05) is 30.5 Å². The summed E-state index contributed by atoms with van der Waals surface area (Å²) in [5.74, 6) is 1.05. The van der Waals surface area contributed by atoms with Gasteiger partial charge in [0.25, 0.3) is 0 Å². The van der Waals surface area contributed by atoms with Crippen LogP contribution in [-0.4, -0.2) is 30.8 Å². The van der Waals surface area contributed by atoms with Gasteiger partial charge in [-0.1, -0.05) is 17.3 Å². The molecular weight excluding hydrogens is 288 g/mol. The van der Waals surface area contributed by atoms with Crippen molar-refractivity contribution in [3.63, 3.8) is 0 Å². The Morgan fingerprint density at radius 2 is 2.05 bits per heavy atom. The molecule has 3 N–H and O–H groups in total. The van der Waals surface area contributed by atoms with Gasteiger partial charge in [0, 0.05) is 5.88 Å². The van der Waals surface area contributed by atoms with E-state index in [1.165, 1.54) is 0 Å². The Morgan fingerprint density at radius 3 is 2.71 bits per heavy atom. The predicted octanol–water partition coefficient (Wildman–Crippen LogP) is 2.41. The lowest BCUT2D eigenvalue weighted by molar-refractivity contribution is 0.792. The van der Waals surface area contributed by atoms with E-state index in [1.54, 1.807) is 10.9 Å². The lowest BCUT2D eigenvalue weighted by Gasteiger charge is -2.02. The third-order valence-corrected chi connectivity index (χ3v) is 3.41. The highest BCUT2D eigenvalue weighted by Crippen LogP contribution is 2.19. The maximum absolute atomic E-state index is 5.68. The van der Waals surface area contributed by atoms with Gasteiger partial charge < -0.3 is 10.7 Å². The molecule has 3 aromatic rings. The van der Waals surface area contributed by atoms with E-state index in [0.29, 0.717) is 11.8 Å². The van der Waals surface area contributed by atoms with Gasteiger partial charge in [-0.05, 0) is 30.5 Å². The monoisotopic (exact) mass is 302 g/mol. The number of hydrogen-bond donors (Lipinski definition) is 2. The molecule has 2 heterocycles. The Kier molecular flexibility index (Phi) is 3.87. The minimum Gasteiger partial charge on any atom is -0.369 e. The van der Waals surface area contributed by atoms with Crippen LogP contribution in [-0.2, 0) is 6.42 Å². The molecule has 0 aliphatic rings. The summed E-state index contributed by atoms with van der Waals surface area (Å²) in [6.45, 7) is 0. The van der Waals surface area contributed by atoms with Crippen molar-refractivity contribution in [3.8, 4) is 16.9 Å². The van der Waals surface area contributed by atoms with Gasteiger partial charge >= 0.3 is 0 Å². The van der Waals surface area contributed by atoms with Crippen LogP contribution in [0.4, 0.5) is 5.95 Å². The van der Waals surface area contributed by atoms with Crippen LogP contribution < -0.4 is 5.73 Å². The highest BCUT2D eigenvalue weighted by Gasteiger charge is 2.05. The fraction of sp³-hybridized carbons (Fsp3) is 0.214. The summed E-state index contributed by atoms with van der Waals surface area (Å²) in [5, 5.41) is 8.26. The molecule has 0 radical (unpaired) electrons.